The molecule has 7 heteroatoms. The van der Waals surface area contributed by atoms with E-state index in [9.17, 15) is 9.59 Å². The highest BCUT2D eigenvalue weighted by molar-refractivity contribution is 6.30. The molecule has 1 aliphatic rings. The summed E-state index contributed by atoms with van der Waals surface area (Å²) in [6.45, 7) is 3.32. The highest BCUT2D eigenvalue weighted by Crippen LogP contribution is 2.17. The summed E-state index contributed by atoms with van der Waals surface area (Å²) in [5.41, 5.74) is 7.82. The van der Waals surface area contributed by atoms with Gasteiger partial charge in [0.15, 0.2) is 0 Å². The van der Waals surface area contributed by atoms with Crippen LogP contribution in [-0.2, 0) is 11.2 Å². The van der Waals surface area contributed by atoms with Gasteiger partial charge in [-0.1, -0.05) is 48.0 Å². The maximum Gasteiger partial charge on any atom is 0.322 e. The molecule has 3 rings (SSSR count). The van der Waals surface area contributed by atoms with E-state index < -0.39 is 6.04 Å². The van der Waals surface area contributed by atoms with E-state index in [2.05, 4.69) is 5.32 Å². The minimum atomic E-state index is -0.582. The molecule has 2 aromatic carbocycles. The largest absolute Gasteiger partial charge is 0.338 e. The lowest BCUT2D eigenvalue weighted by molar-refractivity contribution is -0.134. The van der Waals surface area contributed by atoms with Crippen molar-refractivity contribution in [3.05, 3.63) is 65.2 Å². The minimum absolute atomic E-state index is 0.0781. The molecule has 2 aromatic rings. The monoisotopic (exact) mass is 400 g/mol. The van der Waals surface area contributed by atoms with Crippen LogP contribution < -0.4 is 11.1 Å². The number of carbonyl (C=O) groups is 2. The molecule has 0 unspecified atom stereocenters. The Bertz CT molecular complexity index is 830. The van der Waals surface area contributed by atoms with E-state index in [4.69, 9.17) is 17.3 Å². The molecule has 0 aliphatic carbocycles. The van der Waals surface area contributed by atoms with Gasteiger partial charge >= 0.3 is 6.03 Å². The number of carbonyl (C=O) groups excluding carboxylic acids is 2. The van der Waals surface area contributed by atoms with Gasteiger partial charge in [-0.2, -0.15) is 0 Å². The molecule has 1 aliphatic heterocycles. The fourth-order valence-electron chi connectivity index (χ4n) is 3.41. The maximum absolute atomic E-state index is 12.7. The first-order valence-electron chi connectivity index (χ1n) is 9.35. The first-order valence-corrected chi connectivity index (χ1v) is 9.73. The zero-order valence-electron chi connectivity index (χ0n) is 15.8. The molecule has 0 saturated carbocycles. The molecule has 148 valence electrons. The fraction of sp³-hybridized carbons (Fsp3) is 0.333. The summed E-state index contributed by atoms with van der Waals surface area (Å²) in [5.74, 6) is -0.0781. The average Bonchev–Trinajstić information content (AvgIpc) is 2.68. The molecular weight excluding hydrogens is 376 g/mol. The normalized spacial score (nSPS) is 17.9. The van der Waals surface area contributed by atoms with Crippen LogP contribution in [0.25, 0.3) is 0 Å². The van der Waals surface area contributed by atoms with E-state index in [1.165, 1.54) is 0 Å². The molecule has 28 heavy (non-hydrogen) atoms. The van der Waals surface area contributed by atoms with E-state index in [0.717, 1.165) is 5.56 Å². The lowest BCUT2D eigenvalue weighted by atomic mass is 10.0. The smallest absolute Gasteiger partial charge is 0.322 e. The molecule has 3 amide bonds. The van der Waals surface area contributed by atoms with E-state index in [0.29, 0.717) is 36.8 Å². The standard InChI is InChI=1S/C21H25ClN4O2/c1-15-14-25(20(27)19(23)12-16-6-3-2-4-7-16)10-11-26(15)21(28)24-18-9-5-8-17(22)13-18/h2-9,13,15,19H,10-12,14,23H2,1H3,(H,24,28)/t15-,19-/m0/s1. The van der Waals surface area contributed by atoms with Crippen LogP contribution in [0.15, 0.2) is 54.6 Å². The maximum atomic E-state index is 12.7. The third-order valence-electron chi connectivity index (χ3n) is 4.89. The number of hydrogen-bond acceptors (Lipinski definition) is 3. The lowest BCUT2D eigenvalue weighted by Gasteiger charge is -2.40. The summed E-state index contributed by atoms with van der Waals surface area (Å²) < 4.78 is 0. The number of nitrogens with one attached hydrogen (secondary N) is 1. The SMILES string of the molecule is C[C@H]1CN(C(=O)[C@@H](N)Cc2ccccc2)CCN1C(=O)Nc1cccc(Cl)c1. The number of halogens is 1. The summed E-state index contributed by atoms with van der Waals surface area (Å²) in [6, 6.07) is 15.9. The van der Waals surface area contributed by atoms with Crippen molar-refractivity contribution in [1.82, 2.24) is 9.80 Å². The minimum Gasteiger partial charge on any atom is -0.338 e. The van der Waals surface area contributed by atoms with Gasteiger partial charge in [-0.3, -0.25) is 4.79 Å². The second kappa shape index (κ2) is 9.08. The van der Waals surface area contributed by atoms with E-state index >= 15 is 0 Å². The Labute approximate surface area is 170 Å². The first-order chi connectivity index (χ1) is 13.4. The Morgan fingerprint density at radius 2 is 1.93 bits per heavy atom. The summed E-state index contributed by atoms with van der Waals surface area (Å²) in [6.07, 6.45) is 0.503. The predicted octanol–water partition coefficient (Wildman–Crippen LogP) is 2.97. The molecule has 0 bridgehead atoms. The second-order valence-electron chi connectivity index (χ2n) is 7.06. The van der Waals surface area contributed by atoms with Gasteiger partial charge in [0.25, 0.3) is 0 Å². The number of nitrogens with two attached hydrogens (primary N) is 1. The number of anilines is 1. The Balaban J connectivity index is 1.55. The van der Waals surface area contributed by atoms with Crippen LogP contribution in [0.1, 0.15) is 12.5 Å². The number of hydrogen-bond donors (Lipinski definition) is 2. The van der Waals surface area contributed by atoms with Crippen LogP contribution >= 0.6 is 11.6 Å². The van der Waals surface area contributed by atoms with Gasteiger partial charge in [0, 0.05) is 36.4 Å². The van der Waals surface area contributed by atoms with Crippen molar-refractivity contribution in [2.45, 2.75) is 25.4 Å². The van der Waals surface area contributed by atoms with Crippen molar-refractivity contribution in [2.24, 2.45) is 5.73 Å². The summed E-state index contributed by atoms with van der Waals surface area (Å²) >= 11 is 5.96. The Morgan fingerprint density at radius 1 is 1.18 bits per heavy atom. The second-order valence-corrected chi connectivity index (χ2v) is 7.50. The van der Waals surface area contributed by atoms with Gasteiger partial charge in [-0.05, 0) is 37.1 Å². The molecule has 2 atom stereocenters. The number of urea groups is 1. The van der Waals surface area contributed by atoms with Gasteiger partial charge in [0.2, 0.25) is 5.91 Å². The highest BCUT2D eigenvalue weighted by Gasteiger charge is 2.31. The van der Waals surface area contributed by atoms with Gasteiger partial charge in [-0.25, -0.2) is 4.79 Å². The van der Waals surface area contributed by atoms with Crippen molar-refractivity contribution in [1.29, 1.82) is 0 Å². The number of rotatable bonds is 4. The Hall–Kier alpha value is -2.57. The van der Waals surface area contributed by atoms with Crippen LogP contribution in [0.5, 0.6) is 0 Å². The third kappa shape index (κ3) is 5.03. The lowest BCUT2D eigenvalue weighted by Crippen LogP contribution is -2.59. The van der Waals surface area contributed by atoms with Crippen LogP contribution in [0, 0.1) is 0 Å². The van der Waals surface area contributed by atoms with Crippen LogP contribution in [-0.4, -0.2) is 53.5 Å². The van der Waals surface area contributed by atoms with Gasteiger partial charge < -0.3 is 20.9 Å². The van der Waals surface area contributed by atoms with Crippen LogP contribution in [0.4, 0.5) is 10.5 Å². The Morgan fingerprint density at radius 3 is 2.61 bits per heavy atom. The summed E-state index contributed by atoms with van der Waals surface area (Å²) in [7, 11) is 0. The van der Waals surface area contributed by atoms with E-state index in [1.54, 1.807) is 34.1 Å². The number of benzene rings is 2. The van der Waals surface area contributed by atoms with Crippen LogP contribution in [0.3, 0.4) is 0 Å². The zero-order chi connectivity index (χ0) is 20.1. The molecule has 1 fully saturated rings. The molecule has 0 spiro atoms. The van der Waals surface area contributed by atoms with E-state index in [1.807, 2.05) is 37.3 Å². The first kappa shape index (κ1) is 20.2. The molecule has 1 saturated heterocycles. The summed E-state index contributed by atoms with van der Waals surface area (Å²) in [5, 5.41) is 3.42. The van der Waals surface area contributed by atoms with Crippen molar-refractivity contribution in [2.75, 3.05) is 25.0 Å². The predicted molar refractivity (Wildman–Crippen MR) is 111 cm³/mol. The number of piperazine rings is 1. The van der Waals surface area contributed by atoms with Gasteiger partial charge in [-0.15, -0.1) is 0 Å². The highest BCUT2D eigenvalue weighted by atomic mass is 35.5. The Kier molecular flexibility index (Phi) is 6.54. The molecule has 0 radical (unpaired) electrons. The number of amides is 3. The molecular formula is C21H25ClN4O2. The van der Waals surface area contributed by atoms with Crippen molar-refractivity contribution in [3.63, 3.8) is 0 Å². The zero-order valence-corrected chi connectivity index (χ0v) is 16.6. The van der Waals surface area contributed by atoms with Crippen molar-refractivity contribution < 1.29 is 9.59 Å². The van der Waals surface area contributed by atoms with Crippen molar-refractivity contribution >= 4 is 29.2 Å². The van der Waals surface area contributed by atoms with Crippen LogP contribution in [0.2, 0.25) is 5.02 Å². The third-order valence-corrected chi connectivity index (χ3v) is 5.13. The molecule has 6 nitrogen and oxygen atoms in total. The van der Waals surface area contributed by atoms with Gasteiger partial charge in [0.1, 0.15) is 0 Å². The average molecular weight is 401 g/mol. The fourth-order valence-corrected chi connectivity index (χ4v) is 3.60. The topological polar surface area (TPSA) is 78.7 Å². The van der Waals surface area contributed by atoms with E-state index in [-0.39, 0.29) is 18.0 Å². The molecule has 3 N–H and O–H groups in total. The quantitative estimate of drug-likeness (QED) is 0.828. The summed E-state index contributed by atoms with van der Waals surface area (Å²) in [4.78, 5) is 28.8. The molecule has 1 heterocycles. The molecule has 0 aromatic heterocycles. The number of nitrogens with zero attached hydrogens (tertiary/aromatic N) is 2. The van der Waals surface area contributed by atoms with Gasteiger partial charge in [0.05, 0.1) is 6.04 Å². The van der Waals surface area contributed by atoms with Crippen molar-refractivity contribution in [3.8, 4) is 0 Å².